The fourth-order valence-electron chi connectivity index (χ4n) is 2.99. The van der Waals surface area contributed by atoms with E-state index in [-0.39, 0.29) is 17.9 Å². The first-order valence-corrected chi connectivity index (χ1v) is 8.28. The quantitative estimate of drug-likeness (QED) is 0.870. The first-order valence-electron chi connectivity index (χ1n) is 8.28. The number of amides is 3. The Bertz CT molecular complexity index is 817. The van der Waals surface area contributed by atoms with Crippen molar-refractivity contribution in [1.29, 1.82) is 0 Å². The highest BCUT2D eigenvalue weighted by Gasteiger charge is 2.49. The lowest BCUT2D eigenvalue weighted by Gasteiger charge is -2.24. The van der Waals surface area contributed by atoms with E-state index in [1.165, 1.54) is 5.56 Å². The van der Waals surface area contributed by atoms with Gasteiger partial charge in [0.15, 0.2) is 5.76 Å². The Morgan fingerprint density at radius 1 is 1.20 bits per heavy atom. The zero-order valence-corrected chi connectivity index (χ0v) is 15.2. The molecule has 2 aromatic rings. The third-order valence-electron chi connectivity index (χ3n) is 4.59. The normalized spacial score (nSPS) is 20.9. The van der Waals surface area contributed by atoms with Crippen LogP contribution in [0.4, 0.5) is 4.79 Å². The molecular weight excluding hydrogens is 318 g/mol. The number of rotatable bonds is 3. The van der Waals surface area contributed by atoms with Gasteiger partial charge in [0, 0.05) is 6.07 Å². The van der Waals surface area contributed by atoms with Crippen molar-refractivity contribution >= 4 is 11.9 Å². The maximum absolute atomic E-state index is 12.9. The van der Waals surface area contributed by atoms with Crippen LogP contribution in [-0.4, -0.2) is 22.0 Å². The topological polar surface area (TPSA) is 75.4 Å². The van der Waals surface area contributed by atoms with Crippen LogP contribution >= 0.6 is 0 Å². The summed E-state index contributed by atoms with van der Waals surface area (Å²) in [6.07, 6.45) is 0. The molecule has 0 bridgehead atoms. The summed E-state index contributed by atoms with van der Waals surface area (Å²) in [7, 11) is 0. The van der Waals surface area contributed by atoms with Gasteiger partial charge in [0.25, 0.3) is 5.91 Å². The van der Waals surface area contributed by atoms with Gasteiger partial charge < -0.3 is 9.84 Å². The second-order valence-corrected chi connectivity index (χ2v) is 7.71. The minimum Gasteiger partial charge on any atom is -0.359 e. The molecule has 0 saturated carbocycles. The molecule has 6 heteroatoms. The molecule has 6 nitrogen and oxygen atoms in total. The van der Waals surface area contributed by atoms with Crippen LogP contribution in [0, 0.1) is 6.92 Å². The van der Waals surface area contributed by atoms with E-state index in [9.17, 15) is 9.59 Å². The average Bonchev–Trinajstić information content (AvgIpc) is 3.04. The van der Waals surface area contributed by atoms with Crippen LogP contribution in [0.5, 0.6) is 0 Å². The predicted molar refractivity (Wildman–Crippen MR) is 92.8 cm³/mol. The summed E-state index contributed by atoms with van der Waals surface area (Å²) in [6.45, 7) is 9.99. The lowest BCUT2D eigenvalue weighted by atomic mass is 9.84. The average molecular weight is 341 g/mol. The molecule has 1 aromatic heterocycles. The zero-order valence-electron chi connectivity index (χ0n) is 15.2. The summed E-state index contributed by atoms with van der Waals surface area (Å²) in [5.74, 6) is 0.184. The third kappa shape index (κ3) is 3.04. The Kier molecular flexibility index (Phi) is 3.94. The number of urea groups is 1. The summed E-state index contributed by atoms with van der Waals surface area (Å²) in [6, 6.07) is 9.10. The van der Waals surface area contributed by atoms with Gasteiger partial charge in [-0.3, -0.25) is 9.69 Å². The molecule has 1 saturated heterocycles. The number of aryl methyl sites for hydroxylation is 1. The highest BCUT2D eigenvalue weighted by molar-refractivity contribution is 6.07. The number of carbonyl (C=O) groups excluding carboxylic acids is 2. The number of nitrogens with zero attached hydrogens (tertiary/aromatic N) is 2. The molecule has 3 rings (SSSR count). The highest BCUT2D eigenvalue weighted by Crippen LogP contribution is 2.31. The zero-order chi connectivity index (χ0) is 18.4. The molecule has 3 amide bonds. The number of nitrogens with one attached hydrogen (secondary N) is 1. The van der Waals surface area contributed by atoms with Gasteiger partial charge in [-0.15, -0.1) is 0 Å². The van der Waals surface area contributed by atoms with Crippen molar-refractivity contribution in [3.63, 3.8) is 0 Å². The number of imide groups is 1. The molecule has 25 heavy (non-hydrogen) atoms. The van der Waals surface area contributed by atoms with E-state index in [4.69, 9.17) is 4.52 Å². The van der Waals surface area contributed by atoms with Gasteiger partial charge in [-0.25, -0.2) is 4.79 Å². The molecule has 1 fully saturated rings. The Labute approximate surface area is 147 Å². The van der Waals surface area contributed by atoms with Gasteiger partial charge in [-0.2, -0.15) is 0 Å². The summed E-state index contributed by atoms with van der Waals surface area (Å²) in [5, 5.41) is 6.60. The fraction of sp³-hybridized carbons (Fsp3) is 0.421. The van der Waals surface area contributed by atoms with Gasteiger partial charge in [-0.1, -0.05) is 50.2 Å². The van der Waals surface area contributed by atoms with Crippen LogP contribution in [0.15, 0.2) is 34.9 Å². The molecule has 0 aliphatic carbocycles. The number of hydrogen-bond donors (Lipinski definition) is 1. The molecular formula is C19H23N3O3. The molecule has 132 valence electrons. The maximum Gasteiger partial charge on any atom is 0.325 e. The van der Waals surface area contributed by atoms with Crippen LogP contribution in [0.3, 0.4) is 0 Å². The van der Waals surface area contributed by atoms with Gasteiger partial charge in [0.1, 0.15) is 5.54 Å². The van der Waals surface area contributed by atoms with Crippen molar-refractivity contribution in [2.75, 3.05) is 0 Å². The smallest absolute Gasteiger partial charge is 0.325 e. The summed E-state index contributed by atoms with van der Waals surface area (Å²) in [4.78, 5) is 26.4. The summed E-state index contributed by atoms with van der Waals surface area (Å²) >= 11 is 0. The van der Waals surface area contributed by atoms with Crippen molar-refractivity contribution in [1.82, 2.24) is 15.4 Å². The van der Waals surface area contributed by atoms with Gasteiger partial charge in [0.05, 0.1) is 12.2 Å². The minimum absolute atomic E-state index is 0.0263. The molecule has 0 radical (unpaired) electrons. The Morgan fingerprint density at radius 3 is 2.36 bits per heavy atom. The van der Waals surface area contributed by atoms with Crippen LogP contribution in [0.1, 0.15) is 50.3 Å². The summed E-state index contributed by atoms with van der Waals surface area (Å²) in [5.41, 5.74) is 1.59. The number of carbonyl (C=O) groups is 2. The van der Waals surface area contributed by atoms with E-state index in [2.05, 4.69) is 31.2 Å². The third-order valence-corrected chi connectivity index (χ3v) is 4.59. The van der Waals surface area contributed by atoms with Crippen molar-refractivity contribution in [3.05, 3.63) is 52.9 Å². The van der Waals surface area contributed by atoms with Crippen molar-refractivity contribution in [3.8, 4) is 0 Å². The molecule has 1 atom stereocenters. The molecule has 1 aromatic carbocycles. The van der Waals surface area contributed by atoms with E-state index in [1.54, 1.807) is 19.9 Å². The largest absolute Gasteiger partial charge is 0.359 e. The van der Waals surface area contributed by atoms with Crippen LogP contribution in [0.2, 0.25) is 0 Å². The number of hydrogen-bond acceptors (Lipinski definition) is 4. The Morgan fingerprint density at radius 2 is 1.84 bits per heavy atom. The van der Waals surface area contributed by atoms with E-state index in [0.717, 1.165) is 10.5 Å². The lowest BCUT2D eigenvalue weighted by molar-refractivity contribution is -0.131. The van der Waals surface area contributed by atoms with Crippen LogP contribution in [-0.2, 0) is 22.3 Å². The molecule has 1 aliphatic heterocycles. The summed E-state index contributed by atoms with van der Waals surface area (Å²) < 4.78 is 5.13. The second kappa shape index (κ2) is 5.72. The van der Waals surface area contributed by atoms with Crippen LogP contribution in [0.25, 0.3) is 0 Å². The highest BCUT2D eigenvalue weighted by atomic mass is 16.5. The minimum atomic E-state index is -1.08. The molecule has 0 spiro atoms. The van der Waals surface area contributed by atoms with Gasteiger partial charge in [0.2, 0.25) is 0 Å². The predicted octanol–water partition coefficient (Wildman–Crippen LogP) is 3.25. The number of aromatic nitrogens is 1. The first kappa shape index (κ1) is 17.2. The van der Waals surface area contributed by atoms with Crippen molar-refractivity contribution in [2.24, 2.45) is 0 Å². The Balaban J connectivity index is 1.86. The van der Waals surface area contributed by atoms with Crippen molar-refractivity contribution in [2.45, 2.75) is 52.1 Å². The SMILES string of the molecule is Cc1cc(CN2C(=O)NC(C)(c3ccc(C(C)(C)C)cc3)C2=O)on1. The van der Waals surface area contributed by atoms with Crippen molar-refractivity contribution < 1.29 is 14.1 Å². The molecule has 1 aliphatic rings. The fourth-order valence-corrected chi connectivity index (χ4v) is 2.99. The monoisotopic (exact) mass is 341 g/mol. The maximum atomic E-state index is 12.9. The van der Waals surface area contributed by atoms with E-state index in [1.807, 2.05) is 24.3 Å². The number of benzene rings is 1. The Hall–Kier alpha value is -2.63. The van der Waals surface area contributed by atoms with Gasteiger partial charge >= 0.3 is 6.03 Å². The van der Waals surface area contributed by atoms with E-state index >= 15 is 0 Å². The first-order chi connectivity index (χ1) is 11.6. The van der Waals surface area contributed by atoms with Crippen LogP contribution < -0.4 is 5.32 Å². The molecule has 2 heterocycles. The van der Waals surface area contributed by atoms with E-state index in [0.29, 0.717) is 11.5 Å². The molecule has 1 unspecified atom stereocenters. The molecule has 1 N–H and O–H groups in total. The van der Waals surface area contributed by atoms with Gasteiger partial charge in [-0.05, 0) is 30.4 Å². The second-order valence-electron chi connectivity index (χ2n) is 7.71. The standard InChI is InChI=1S/C19H23N3O3/c1-12-10-15(25-21-12)11-22-16(23)19(5,20-17(22)24)14-8-6-13(7-9-14)18(2,3)4/h6-10H,11H2,1-5H3,(H,20,24). The van der Waals surface area contributed by atoms with E-state index < -0.39 is 11.6 Å². The lowest BCUT2D eigenvalue weighted by Crippen LogP contribution is -2.40.